The van der Waals surface area contributed by atoms with Gasteiger partial charge in [0.1, 0.15) is 0 Å². The van der Waals surface area contributed by atoms with Gasteiger partial charge >= 0.3 is 0 Å². The van der Waals surface area contributed by atoms with Crippen LogP contribution in [0.2, 0.25) is 0 Å². The topological polar surface area (TPSA) is 22.7 Å². The van der Waals surface area contributed by atoms with Gasteiger partial charge in [0.2, 0.25) is 0 Å². The Balaban J connectivity index is 2.81. The van der Waals surface area contributed by atoms with E-state index in [0.29, 0.717) is 0 Å². The van der Waals surface area contributed by atoms with Crippen molar-refractivity contribution in [3.63, 3.8) is 0 Å². The third-order valence-electron chi connectivity index (χ3n) is 8.69. The summed E-state index contributed by atoms with van der Waals surface area (Å²) >= 11 is 0. The van der Waals surface area contributed by atoms with E-state index in [1.54, 1.807) is 0 Å². The maximum absolute atomic E-state index is 2.67. The number of rotatable bonds is 7. The van der Waals surface area contributed by atoms with Gasteiger partial charge in [0.25, 0.3) is 0 Å². The van der Waals surface area contributed by atoms with Crippen LogP contribution in [0, 0.1) is 0 Å². The summed E-state index contributed by atoms with van der Waals surface area (Å²) in [6.45, 7) is 41.3. The molecular formula is C30H67N7. The van der Waals surface area contributed by atoms with E-state index in [1.165, 1.54) is 118 Å². The Bertz CT molecular complexity index is 464. The zero-order valence-electron chi connectivity index (χ0n) is 26.4. The molecule has 0 aromatic rings. The molecule has 0 aliphatic carbocycles. The van der Waals surface area contributed by atoms with Crippen molar-refractivity contribution in [3.05, 3.63) is 0 Å². The summed E-state index contributed by atoms with van der Waals surface area (Å²) in [5, 5.41) is 0. The molecule has 0 N–H and O–H groups in total. The number of nitrogens with zero attached hydrogens (tertiary/aromatic N) is 7. The molecule has 1 aliphatic heterocycles. The van der Waals surface area contributed by atoms with Crippen LogP contribution in [0.25, 0.3) is 0 Å². The molecular weight excluding hydrogens is 458 g/mol. The third-order valence-corrected chi connectivity index (χ3v) is 8.69. The average Bonchev–Trinajstić information content (AvgIpc) is 2.93. The summed E-state index contributed by atoms with van der Waals surface area (Å²) in [5.74, 6) is 0. The fraction of sp³-hybridized carbons (Fsp3) is 1.00. The van der Waals surface area contributed by atoms with Crippen LogP contribution in [-0.4, -0.2) is 172 Å². The normalized spacial score (nSPS) is 23.4. The van der Waals surface area contributed by atoms with Crippen LogP contribution in [-0.2, 0) is 0 Å². The first kappa shape index (κ1) is 34.7. The Morgan fingerprint density at radius 2 is 0.378 bits per heavy atom. The van der Waals surface area contributed by atoms with Crippen molar-refractivity contribution in [1.29, 1.82) is 0 Å². The average molecular weight is 526 g/mol. The molecule has 1 rings (SSSR count). The molecule has 7 nitrogen and oxygen atoms in total. The Morgan fingerprint density at radius 1 is 0.243 bits per heavy atom. The lowest BCUT2D eigenvalue weighted by Crippen LogP contribution is -2.43. The molecule has 0 spiro atoms. The second-order valence-electron chi connectivity index (χ2n) is 10.7. The van der Waals surface area contributed by atoms with E-state index in [0.717, 1.165) is 32.7 Å². The maximum Gasteiger partial charge on any atom is 0.0110 e. The maximum atomic E-state index is 2.67. The van der Waals surface area contributed by atoms with Crippen molar-refractivity contribution < 1.29 is 0 Å². The molecule has 0 aromatic heterocycles. The van der Waals surface area contributed by atoms with E-state index < -0.39 is 0 Å². The summed E-state index contributed by atoms with van der Waals surface area (Å²) < 4.78 is 0. The van der Waals surface area contributed by atoms with Crippen LogP contribution in [0.15, 0.2) is 0 Å². The van der Waals surface area contributed by atoms with Crippen LogP contribution < -0.4 is 0 Å². The smallest absolute Gasteiger partial charge is 0.0110 e. The molecule has 0 atom stereocenters. The van der Waals surface area contributed by atoms with Crippen molar-refractivity contribution in [2.45, 2.75) is 61.3 Å². The first-order valence-electron chi connectivity index (χ1n) is 16.1. The van der Waals surface area contributed by atoms with E-state index in [-0.39, 0.29) is 0 Å². The summed E-state index contributed by atoms with van der Waals surface area (Å²) in [4.78, 5) is 18.7. The highest BCUT2D eigenvalue weighted by atomic mass is 15.2. The highest BCUT2D eigenvalue weighted by Crippen LogP contribution is 2.02. The fourth-order valence-electron chi connectivity index (χ4n) is 5.45. The molecule has 0 saturated carbocycles. The zero-order chi connectivity index (χ0) is 27.3. The lowest BCUT2D eigenvalue weighted by Gasteiger charge is -2.31. The van der Waals surface area contributed by atoms with Crippen LogP contribution in [0.5, 0.6) is 0 Å². The minimum atomic E-state index is 1.15. The summed E-state index contributed by atoms with van der Waals surface area (Å²) in [7, 11) is 0. The monoisotopic (exact) mass is 526 g/mol. The minimum absolute atomic E-state index is 1.15. The van der Waals surface area contributed by atoms with Crippen LogP contribution in [0.1, 0.15) is 61.3 Å². The van der Waals surface area contributed by atoms with Crippen molar-refractivity contribution >= 4 is 0 Å². The van der Waals surface area contributed by atoms with Crippen LogP contribution in [0.4, 0.5) is 0 Å². The Hall–Kier alpha value is -0.280. The lowest BCUT2D eigenvalue weighted by atomic mass is 10.3. The molecule has 1 saturated heterocycles. The van der Waals surface area contributed by atoms with E-state index in [1.807, 2.05) is 0 Å². The van der Waals surface area contributed by atoms with Crippen molar-refractivity contribution in [2.75, 3.05) is 137 Å². The predicted octanol–water partition coefficient (Wildman–Crippen LogP) is 3.03. The molecule has 0 aromatic carbocycles. The number of hydrogen-bond donors (Lipinski definition) is 0. The lowest BCUT2D eigenvalue weighted by molar-refractivity contribution is 0.161. The Labute approximate surface area is 233 Å². The van der Waals surface area contributed by atoms with Crippen molar-refractivity contribution in [2.24, 2.45) is 0 Å². The van der Waals surface area contributed by atoms with Gasteiger partial charge in [0, 0.05) is 65.4 Å². The standard InChI is InChI=1S/C30H67N7/c1-8-31-17-15-19-33(10-3)23-25-35(12-5)27-29-37(14-7)30-28-36(13-6)26-24-34(11-4)20-16-18-32(9-2)22-21-31/h8-30H2,1-7H3. The second-order valence-corrected chi connectivity index (χ2v) is 10.7. The number of hydrogen-bond acceptors (Lipinski definition) is 7. The van der Waals surface area contributed by atoms with Crippen LogP contribution in [0.3, 0.4) is 0 Å². The molecule has 7 heteroatoms. The largest absolute Gasteiger partial charge is 0.302 e. The van der Waals surface area contributed by atoms with Gasteiger partial charge in [-0.15, -0.1) is 0 Å². The van der Waals surface area contributed by atoms with Gasteiger partial charge in [-0.2, -0.15) is 0 Å². The van der Waals surface area contributed by atoms with E-state index in [4.69, 9.17) is 0 Å². The minimum Gasteiger partial charge on any atom is -0.302 e. The SMILES string of the molecule is CCN1CCCN(CC)CCN(CC)CCN(CC)CCN(CC)CCN(CC)CCCN(CC)CC1. The molecule has 222 valence electrons. The third kappa shape index (κ3) is 15.8. The zero-order valence-corrected chi connectivity index (χ0v) is 26.4. The van der Waals surface area contributed by atoms with E-state index >= 15 is 0 Å². The quantitative estimate of drug-likeness (QED) is 0.503. The summed E-state index contributed by atoms with van der Waals surface area (Å²) in [5.41, 5.74) is 0. The molecule has 1 fully saturated rings. The molecule has 1 heterocycles. The van der Waals surface area contributed by atoms with Crippen LogP contribution >= 0.6 is 0 Å². The highest BCUT2D eigenvalue weighted by Gasteiger charge is 2.13. The van der Waals surface area contributed by atoms with Gasteiger partial charge in [0.05, 0.1) is 0 Å². The van der Waals surface area contributed by atoms with Gasteiger partial charge in [0.15, 0.2) is 0 Å². The fourth-order valence-corrected chi connectivity index (χ4v) is 5.45. The molecule has 1 aliphatic rings. The first-order valence-corrected chi connectivity index (χ1v) is 16.1. The van der Waals surface area contributed by atoms with Gasteiger partial charge in [-0.25, -0.2) is 0 Å². The molecule has 0 radical (unpaired) electrons. The number of likely N-dealkylation sites (N-methyl/N-ethyl adjacent to an activating group) is 7. The highest BCUT2D eigenvalue weighted by molar-refractivity contribution is 4.70. The molecule has 0 bridgehead atoms. The summed E-state index contributed by atoms with van der Waals surface area (Å²) in [6, 6.07) is 0. The van der Waals surface area contributed by atoms with E-state index in [9.17, 15) is 0 Å². The van der Waals surface area contributed by atoms with Crippen molar-refractivity contribution in [3.8, 4) is 0 Å². The molecule has 37 heavy (non-hydrogen) atoms. The molecule has 0 amide bonds. The van der Waals surface area contributed by atoms with Crippen molar-refractivity contribution in [1.82, 2.24) is 34.3 Å². The first-order chi connectivity index (χ1) is 18.0. The predicted molar refractivity (Wildman–Crippen MR) is 164 cm³/mol. The summed E-state index contributed by atoms with van der Waals surface area (Å²) in [6.07, 6.45) is 2.56. The van der Waals surface area contributed by atoms with E-state index in [2.05, 4.69) is 82.8 Å². The Kier molecular flexibility index (Phi) is 21.2. The Morgan fingerprint density at radius 3 is 0.514 bits per heavy atom. The molecule has 0 unspecified atom stereocenters. The van der Waals surface area contributed by atoms with Gasteiger partial charge in [-0.05, 0) is 84.8 Å². The second kappa shape index (κ2) is 22.5. The van der Waals surface area contributed by atoms with Gasteiger partial charge in [-0.1, -0.05) is 48.5 Å². The van der Waals surface area contributed by atoms with Gasteiger partial charge < -0.3 is 34.3 Å². The van der Waals surface area contributed by atoms with Gasteiger partial charge in [-0.3, -0.25) is 0 Å².